The van der Waals surface area contributed by atoms with Crippen molar-refractivity contribution in [2.75, 3.05) is 40.3 Å². The minimum absolute atomic E-state index is 0.0653. The van der Waals surface area contributed by atoms with Crippen molar-refractivity contribution < 1.29 is 4.79 Å². The van der Waals surface area contributed by atoms with Crippen molar-refractivity contribution >= 4 is 5.91 Å². The van der Waals surface area contributed by atoms with Crippen molar-refractivity contribution in [3.8, 4) is 0 Å². The molecule has 0 N–H and O–H groups in total. The van der Waals surface area contributed by atoms with E-state index in [9.17, 15) is 4.79 Å². The average Bonchev–Trinajstić information content (AvgIpc) is 2.11. The van der Waals surface area contributed by atoms with Crippen LogP contribution < -0.4 is 0 Å². The van der Waals surface area contributed by atoms with Crippen LogP contribution in [0.3, 0.4) is 0 Å². The molecule has 100 valence electrons. The maximum absolute atomic E-state index is 12.2. The van der Waals surface area contributed by atoms with Gasteiger partial charge in [0.2, 0.25) is 5.91 Å². The van der Waals surface area contributed by atoms with E-state index in [-0.39, 0.29) is 11.4 Å². The highest BCUT2D eigenvalue weighted by Crippen LogP contribution is 2.21. The first-order chi connectivity index (χ1) is 7.71. The number of carbonyl (C=O) groups is 1. The zero-order chi connectivity index (χ0) is 13.2. The molecule has 0 aromatic carbocycles. The predicted molar refractivity (Wildman–Crippen MR) is 71.1 cm³/mol. The van der Waals surface area contributed by atoms with Gasteiger partial charge in [0.05, 0.1) is 6.54 Å². The molecule has 17 heavy (non-hydrogen) atoms. The second-order valence-corrected chi connectivity index (χ2v) is 6.32. The minimum Gasteiger partial charge on any atom is -0.333 e. The van der Waals surface area contributed by atoms with E-state index >= 15 is 0 Å². The van der Waals surface area contributed by atoms with Crippen molar-refractivity contribution in [2.24, 2.45) is 0 Å². The Kier molecular flexibility index (Phi) is 4.55. The van der Waals surface area contributed by atoms with Crippen molar-refractivity contribution in [3.05, 3.63) is 0 Å². The molecule has 0 bridgehead atoms. The highest BCUT2D eigenvalue weighted by molar-refractivity contribution is 5.80. The summed E-state index contributed by atoms with van der Waals surface area (Å²) in [7, 11) is 4.13. The summed E-state index contributed by atoms with van der Waals surface area (Å²) in [5, 5.41) is 0. The van der Waals surface area contributed by atoms with Crippen LogP contribution in [0.25, 0.3) is 0 Å². The molecule has 1 rings (SSSR count). The van der Waals surface area contributed by atoms with E-state index in [0.29, 0.717) is 12.6 Å². The molecule has 1 heterocycles. The second kappa shape index (κ2) is 5.36. The van der Waals surface area contributed by atoms with Crippen LogP contribution in [0.2, 0.25) is 0 Å². The van der Waals surface area contributed by atoms with Gasteiger partial charge >= 0.3 is 0 Å². The van der Waals surface area contributed by atoms with E-state index in [2.05, 4.69) is 51.6 Å². The van der Waals surface area contributed by atoms with Gasteiger partial charge in [-0.2, -0.15) is 0 Å². The molecule has 0 radical (unpaired) electrons. The lowest BCUT2D eigenvalue weighted by atomic mass is 10.0. The Bertz CT molecular complexity index is 270. The van der Waals surface area contributed by atoms with Crippen LogP contribution in [0.15, 0.2) is 0 Å². The Hall–Kier alpha value is -0.610. The summed E-state index contributed by atoms with van der Waals surface area (Å²) in [5.41, 5.74) is -0.0653. The monoisotopic (exact) mass is 241 g/mol. The molecule has 1 aliphatic rings. The van der Waals surface area contributed by atoms with Crippen LogP contribution in [-0.2, 0) is 4.79 Å². The molecule has 4 nitrogen and oxygen atoms in total. The summed E-state index contributed by atoms with van der Waals surface area (Å²) in [4.78, 5) is 18.6. The average molecular weight is 241 g/mol. The lowest BCUT2D eigenvalue weighted by Crippen LogP contribution is -2.61. The number of hydrogen-bond acceptors (Lipinski definition) is 3. The normalized spacial score (nSPS) is 23.6. The first-order valence-corrected chi connectivity index (χ1v) is 6.41. The lowest BCUT2D eigenvalue weighted by Gasteiger charge is -2.46. The highest BCUT2D eigenvalue weighted by atomic mass is 16.2. The van der Waals surface area contributed by atoms with Gasteiger partial charge in [-0.15, -0.1) is 0 Å². The molecule has 1 atom stereocenters. The third kappa shape index (κ3) is 3.96. The molecule has 1 fully saturated rings. The zero-order valence-electron chi connectivity index (χ0n) is 12.2. The van der Waals surface area contributed by atoms with Gasteiger partial charge in [-0.25, -0.2) is 0 Å². The quantitative estimate of drug-likeness (QED) is 0.734. The maximum atomic E-state index is 12.2. The number of hydrogen-bond donors (Lipinski definition) is 0. The van der Waals surface area contributed by atoms with Crippen molar-refractivity contribution in [3.63, 3.8) is 0 Å². The highest BCUT2D eigenvalue weighted by Gasteiger charge is 2.36. The summed E-state index contributed by atoms with van der Waals surface area (Å²) in [6.07, 6.45) is 0. The van der Waals surface area contributed by atoms with Gasteiger partial charge in [0.1, 0.15) is 0 Å². The van der Waals surface area contributed by atoms with E-state index in [1.165, 1.54) is 0 Å². The van der Waals surface area contributed by atoms with Gasteiger partial charge in [0, 0.05) is 31.2 Å². The Morgan fingerprint density at radius 1 is 1.35 bits per heavy atom. The van der Waals surface area contributed by atoms with Crippen molar-refractivity contribution in [1.29, 1.82) is 0 Å². The smallest absolute Gasteiger partial charge is 0.237 e. The maximum Gasteiger partial charge on any atom is 0.237 e. The number of likely N-dealkylation sites (N-methyl/N-ethyl adjacent to an activating group) is 1. The summed E-state index contributed by atoms with van der Waals surface area (Å²) >= 11 is 0. The number of piperazine rings is 1. The Morgan fingerprint density at radius 3 is 2.35 bits per heavy atom. The molecule has 0 aromatic rings. The molecule has 0 aromatic heterocycles. The molecule has 1 unspecified atom stereocenters. The van der Waals surface area contributed by atoms with Crippen LogP contribution in [0.4, 0.5) is 0 Å². The first kappa shape index (κ1) is 14.5. The van der Waals surface area contributed by atoms with Gasteiger partial charge in [-0.3, -0.25) is 9.69 Å². The zero-order valence-corrected chi connectivity index (χ0v) is 12.2. The third-order valence-corrected chi connectivity index (χ3v) is 3.18. The molecular weight excluding hydrogens is 214 g/mol. The fourth-order valence-electron chi connectivity index (χ4n) is 2.58. The predicted octanol–water partition coefficient (Wildman–Crippen LogP) is 0.879. The topological polar surface area (TPSA) is 26.8 Å². The molecule has 0 aliphatic carbocycles. The Morgan fingerprint density at radius 2 is 1.94 bits per heavy atom. The van der Waals surface area contributed by atoms with Crippen LogP contribution in [0.1, 0.15) is 27.7 Å². The largest absolute Gasteiger partial charge is 0.333 e. The van der Waals surface area contributed by atoms with Gasteiger partial charge in [-0.05, 0) is 41.8 Å². The molecule has 1 aliphatic heterocycles. The lowest BCUT2D eigenvalue weighted by molar-refractivity contribution is -0.145. The molecule has 1 amide bonds. The standard InChI is InChI=1S/C13H27N3O/c1-11-9-15(8-7-14(5)6)10-12(17)16(11)13(2,3)4/h11H,7-10H2,1-6H3. The summed E-state index contributed by atoms with van der Waals surface area (Å²) in [6.45, 7) is 12.0. The van der Waals surface area contributed by atoms with Crippen molar-refractivity contribution in [2.45, 2.75) is 39.3 Å². The third-order valence-electron chi connectivity index (χ3n) is 3.18. The van der Waals surface area contributed by atoms with E-state index in [1.807, 2.05) is 4.90 Å². The van der Waals surface area contributed by atoms with Crippen LogP contribution in [-0.4, -0.2) is 72.5 Å². The van der Waals surface area contributed by atoms with Gasteiger partial charge in [-0.1, -0.05) is 0 Å². The number of rotatable bonds is 3. The second-order valence-electron chi connectivity index (χ2n) is 6.32. The van der Waals surface area contributed by atoms with Gasteiger partial charge in [0.25, 0.3) is 0 Å². The van der Waals surface area contributed by atoms with Crippen LogP contribution in [0, 0.1) is 0 Å². The van der Waals surface area contributed by atoms with Crippen LogP contribution in [0.5, 0.6) is 0 Å². The number of nitrogens with zero attached hydrogens (tertiary/aromatic N) is 3. The SMILES string of the molecule is CC1CN(CCN(C)C)CC(=O)N1C(C)(C)C. The van der Waals surface area contributed by atoms with E-state index in [0.717, 1.165) is 19.6 Å². The minimum atomic E-state index is -0.0653. The molecule has 1 saturated heterocycles. The van der Waals surface area contributed by atoms with Crippen LogP contribution >= 0.6 is 0 Å². The molecule has 0 saturated carbocycles. The fourth-order valence-corrected chi connectivity index (χ4v) is 2.58. The Balaban J connectivity index is 2.58. The van der Waals surface area contributed by atoms with Gasteiger partial charge < -0.3 is 9.80 Å². The summed E-state index contributed by atoms with van der Waals surface area (Å²) in [5.74, 6) is 0.259. The number of amides is 1. The molecular formula is C13H27N3O. The Labute approximate surface area is 106 Å². The van der Waals surface area contributed by atoms with E-state index in [1.54, 1.807) is 0 Å². The van der Waals surface area contributed by atoms with Gasteiger partial charge in [0.15, 0.2) is 0 Å². The molecule has 4 heteroatoms. The summed E-state index contributed by atoms with van der Waals surface area (Å²) in [6, 6.07) is 0.304. The summed E-state index contributed by atoms with van der Waals surface area (Å²) < 4.78 is 0. The van der Waals surface area contributed by atoms with E-state index < -0.39 is 0 Å². The fraction of sp³-hybridized carbons (Fsp3) is 0.923. The number of carbonyl (C=O) groups excluding carboxylic acids is 1. The van der Waals surface area contributed by atoms with E-state index in [4.69, 9.17) is 0 Å². The van der Waals surface area contributed by atoms with Crippen molar-refractivity contribution in [1.82, 2.24) is 14.7 Å². The first-order valence-electron chi connectivity index (χ1n) is 6.41. The molecule has 0 spiro atoms.